The lowest BCUT2D eigenvalue weighted by Crippen LogP contribution is -2.34. The van der Waals surface area contributed by atoms with Crippen molar-refractivity contribution in [2.24, 2.45) is 5.73 Å². The molecule has 0 aliphatic rings. The van der Waals surface area contributed by atoms with Crippen LogP contribution in [0.5, 0.6) is 5.75 Å². The molecule has 0 radical (unpaired) electrons. The number of benzene rings is 2. The van der Waals surface area contributed by atoms with E-state index in [1.807, 2.05) is 0 Å². The minimum absolute atomic E-state index is 0.0518. The van der Waals surface area contributed by atoms with E-state index in [0.29, 0.717) is 40.9 Å². The van der Waals surface area contributed by atoms with Gasteiger partial charge in [0.15, 0.2) is 0 Å². The molecule has 0 saturated carbocycles. The molecule has 0 aliphatic carbocycles. The summed E-state index contributed by atoms with van der Waals surface area (Å²) in [4.78, 5) is 26.2. The minimum atomic E-state index is -0.512. The number of halogens is 1. The predicted octanol–water partition coefficient (Wildman–Crippen LogP) is 1.63. The zero-order valence-electron chi connectivity index (χ0n) is 15.7. The van der Waals surface area contributed by atoms with E-state index in [4.69, 9.17) is 22.1 Å². The van der Waals surface area contributed by atoms with Gasteiger partial charge in [0.1, 0.15) is 18.9 Å². The normalized spacial score (nSPS) is 10.6. The van der Waals surface area contributed by atoms with Crippen molar-refractivity contribution >= 4 is 23.4 Å². The van der Waals surface area contributed by atoms with Crippen LogP contribution in [-0.2, 0) is 11.3 Å². The van der Waals surface area contributed by atoms with Crippen molar-refractivity contribution in [1.82, 2.24) is 25.1 Å². The monoisotopic (exact) mass is 414 g/mol. The van der Waals surface area contributed by atoms with Crippen LogP contribution in [0.1, 0.15) is 10.4 Å². The molecule has 0 atom stereocenters. The molecular weight excluding hydrogens is 396 g/mol. The second kappa shape index (κ2) is 9.16. The Hall–Kier alpha value is -3.46. The van der Waals surface area contributed by atoms with Gasteiger partial charge in [0.05, 0.1) is 6.54 Å². The number of tetrazole rings is 1. The molecule has 1 heterocycles. The molecule has 29 heavy (non-hydrogen) atoms. The van der Waals surface area contributed by atoms with Gasteiger partial charge in [-0.2, -0.15) is 4.80 Å². The molecule has 0 spiro atoms. The summed E-state index contributed by atoms with van der Waals surface area (Å²) < 4.78 is 5.58. The number of primary amides is 1. The van der Waals surface area contributed by atoms with Crippen molar-refractivity contribution in [3.05, 3.63) is 59.1 Å². The molecule has 10 heteroatoms. The predicted molar refractivity (Wildman–Crippen MR) is 106 cm³/mol. The van der Waals surface area contributed by atoms with Crippen LogP contribution < -0.4 is 10.5 Å². The molecule has 0 fully saturated rings. The highest BCUT2D eigenvalue weighted by Gasteiger charge is 2.13. The molecule has 0 aliphatic heterocycles. The fraction of sp³-hybridized carbons (Fsp3) is 0.211. The molecule has 3 rings (SSSR count). The van der Waals surface area contributed by atoms with E-state index in [1.54, 1.807) is 55.6 Å². The Kier molecular flexibility index (Phi) is 6.40. The van der Waals surface area contributed by atoms with Crippen molar-refractivity contribution in [2.45, 2.75) is 6.54 Å². The summed E-state index contributed by atoms with van der Waals surface area (Å²) in [5.41, 5.74) is 6.27. The first kappa shape index (κ1) is 20.3. The van der Waals surface area contributed by atoms with Crippen molar-refractivity contribution in [3.8, 4) is 17.1 Å². The van der Waals surface area contributed by atoms with Crippen LogP contribution in [0, 0.1) is 0 Å². The van der Waals surface area contributed by atoms with Gasteiger partial charge in [-0.25, -0.2) is 0 Å². The third kappa shape index (κ3) is 5.52. The fourth-order valence-corrected chi connectivity index (χ4v) is 2.53. The van der Waals surface area contributed by atoms with Crippen LogP contribution in [0.3, 0.4) is 0 Å². The Balaban J connectivity index is 1.51. The lowest BCUT2D eigenvalue weighted by molar-refractivity contribution is -0.131. The highest BCUT2D eigenvalue weighted by Crippen LogP contribution is 2.16. The first-order valence-electron chi connectivity index (χ1n) is 8.73. The van der Waals surface area contributed by atoms with Crippen molar-refractivity contribution < 1.29 is 14.3 Å². The fourth-order valence-electron chi connectivity index (χ4n) is 2.41. The number of amides is 2. The summed E-state index contributed by atoms with van der Waals surface area (Å²) in [5, 5.41) is 12.7. The SMILES string of the molecule is CN(CCOc1ccc(Cl)cc1)C(=O)Cn1nnc(-c2ccc(C(N)=O)cc2)n1. The zero-order valence-corrected chi connectivity index (χ0v) is 16.4. The summed E-state index contributed by atoms with van der Waals surface area (Å²) in [6, 6.07) is 13.5. The molecule has 0 saturated heterocycles. The van der Waals surface area contributed by atoms with E-state index in [1.165, 1.54) is 9.70 Å². The number of likely N-dealkylation sites (N-methyl/N-ethyl adjacent to an activating group) is 1. The number of carbonyl (C=O) groups excluding carboxylic acids is 2. The van der Waals surface area contributed by atoms with Crippen molar-refractivity contribution in [1.29, 1.82) is 0 Å². The standard InChI is InChI=1S/C19H19ClN6O3/c1-25(10-11-29-16-8-6-15(20)7-9-16)17(27)12-26-23-19(22-24-26)14-4-2-13(3-5-14)18(21)28/h2-9H,10-12H2,1H3,(H2,21,28). The van der Waals surface area contributed by atoms with Gasteiger partial charge in [0.2, 0.25) is 17.6 Å². The van der Waals surface area contributed by atoms with Gasteiger partial charge in [0, 0.05) is 23.2 Å². The number of nitrogens with zero attached hydrogens (tertiary/aromatic N) is 5. The third-order valence-corrected chi connectivity index (χ3v) is 4.34. The molecule has 9 nitrogen and oxygen atoms in total. The average Bonchev–Trinajstić information content (AvgIpc) is 3.18. The summed E-state index contributed by atoms with van der Waals surface area (Å²) in [7, 11) is 1.67. The van der Waals surface area contributed by atoms with E-state index in [2.05, 4.69) is 15.4 Å². The van der Waals surface area contributed by atoms with Crippen molar-refractivity contribution in [2.75, 3.05) is 20.2 Å². The number of hydrogen-bond acceptors (Lipinski definition) is 6. The molecule has 2 N–H and O–H groups in total. The molecule has 1 aromatic heterocycles. The quantitative estimate of drug-likeness (QED) is 0.598. The summed E-state index contributed by atoms with van der Waals surface area (Å²) in [5.74, 6) is 0.335. The third-order valence-electron chi connectivity index (χ3n) is 4.09. The molecular formula is C19H19ClN6O3. The van der Waals surface area contributed by atoms with Crippen LogP contribution >= 0.6 is 11.6 Å². The number of hydrogen-bond donors (Lipinski definition) is 1. The minimum Gasteiger partial charge on any atom is -0.492 e. The van der Waals surface area contributed by atoms with E-state index >= 15 is 0 Å². The topological polar surface area (TPSA) is 116 Å². The lowest BCUT2D eigenvalue weighted by Gasteiger charge is -2.17. The Labute approximate surface area is 172 Å². The van der Waals surface area contributed by atoms with Gasteiger partial charge in [-0.05, 0) is 41.6 Å². The number of ether oxygens (including phenoxy) is 1. The maximum Gasteiger partial charge on any atom is 0.248 e. The zero-order chi connectivity index (χ0) is 20.8. The highest BCUT2D eigenvalue weighted by atomic mass is 35.5. The highest BCUT2D eigenvalue weighted by molar-refractivity contribution is 6.30. The Bertz CT molecular complexity index is 988. The maximum atomic E-state index is 12.3. The number of rotatable bonds is 8. The largest absolute Gasteiger partial charge is 0.492 e. The van der Waals surface area contributed by atoms with Gasteiger partial charge in [-0.3, -0.25) is 9.59 Å². The van der Waals surface area contributed by atoms with Gasteiger partial charge in [-0.15, -0.1) is 10.2 Å². The van der Waals surface area contributed by atoms with Gasteiger partial charge in [-0.1, -0.05) is 23.7 Å². The number of carbonyl (C=O) groups is 2. The maximum absolute atomic E-state index is 12.3. The molecule has 2 aromatic carbocycles. The molecule has 0 bridgehead atoms. The first-order chi connectivity index (χ1) is 13.9. The molecule has 0 unspecified atom stereocenters. The first-order valence-corrected chi connectivity index (χ1v) is 9.10. The summed E-state index contributed by atoms with van der Waals surface area (Å²) in [6.07, 6.45) is 0. The Morgan fingerprint density at radius 3 is 2.48 bits per heavy atom. The Morgan fingerprint density at radius 2 is 1.83 bits per heavy atom. The van der Waals surface area contributed by atoms with Crippen LogP contribution in [0.25, 0.3) is 11.4 Å². The number of nitrogens with two attached hydrogens (primary N) is 1. The smallest absolute Gasteiger partial charge is 0.248 e. The molecule has 2 amide bonds. The van der Waals surface area contributed by atoms with Crippen LogP contribution in [0.4, 0.5) is 0 Å². The molecule has 150 valence electrons. The average molecular weight is 415 g/mol. The molecule has 3 aromatic rings. The van der Waals surface area contributed by atoms with E-state index in [-0.39, 0.29) is 12.5 Å². The van der Waals surface area contributed by atoms with Crippen molar-refractivity contribution in [3.63, 3.8) is 0 Å². The summed E-state index contributed by atoms with van der Waals surface area (Å²) in [6.45, 7) is 0.688. The Morgan fingerprint density at radius 1 is 1.14 bits per heavy atom. The van der Waals surface area contributed by atoms with E-state index in [9.17, 15) is 9.59 Å². The van der Waals surface area contributed by atoms with Crippen LogP contribution in [-0.4, -0.2) is 57.1 Å². The van der Waals surface area contributed by atoms with Crippen LogP contribution in [0.15, 0.2) is 48.5 Å². The lowest BCUT2D eigenvalue weighted by atomic mass is 10.1. The second-order valence-electron chi connectivity index (χ2n) is 6.20. The van der Waals surface area contributed by atoms with Gasteiger partial charge < -0.3 is 15.4 Å². The van der Waals surface area contributed by atoms with E-state index < -0.39 is 5.91 Å². The van der Waals surface area contributed by atoms with Gasteiger partial charge in [0.25, 0.3) is 0 Å². The second-order valence-corrected chi connectivity index (χ2v) is 6.64. The summed E-state index contributed by atoms with van der Waals surface area (Å²) >= 11 is 5.83. The number of aromatic nitrogens is 4. The van der Waals surface area contributed by atoms with Crippen LogP contribution in [0.2, 0.25) is 5.02 Å². The van der Waals surface area contributed by atoms with Gasteiger partial charge >= 0.3 is 0 Å². The van der Waals surface area contributed by atoms with E-state index in [0.717, 1.165) is 0 Å².